The Balaban J connectivity index is 1.77. The number of nitrogens with zero attached hydrogens (tertiary/aromatic N) is 1. The molecule has 3 rings (SSSR count). The van der Waals surface area contributed by atoms with Crippen LogP contribution in [0.5, 0.6) is 0 Å². The monoisotopic (exact) mass is 361 g/mol. The summed E-state index contributed by atoms with van der Waals surface area (Å²) in [4.78, 5) is 27.4. The molecule has 0 aromatic heterocycles. The van der Waals surface area contributed by atoms with Crippen molar-refractivity contribution in [3.05, 3.63) is 29.3 Å². The number of rotatable bonds is 4. The smallest absolute Gasteiger partial charge is 0.306 e. The van der Waals surface area contributed by atoms with Crippen molar-refractivity contribution >= 4 is 23.6 Å². The minimum Gasteiger partial charge on any atom is -0.481 e. The Morgan fingerprint density at radius 1 is 1.20 bits per heavy atom. The lowest BCUT2D eigenvalue weighted by Gasteiger charge is -2.35. The van der Waals surface area contributed by atoms with Crippen LogP contribution in [0.1, 0.15) is 54.9 Å². The Hall–Kier alpha value is -1.49. The van der Waals surface area contributed by atoms with E-state index in [2.05, 4.69) is 12.1 Å². The van der Waals surface area contributed by atoms with E-state index in [1.165, 1.54) is 25.7 Å². The normalized spacial score (nSPS) is 24.5. The summed E-state index contributed by atoms with van der Waals surface area (Å²) in [6.07, 6.45) is 5.57. The number of thioether (sulfide) groups is 1. The van der Waals surface area contributed by atoms with Gasteiger partial charge < -0.3 is 10.0 Å². The quantitative estimate of drug-likeness (QED) is 0.873. The lowest BCUT2D eigenvalue weighted by Crippen LogP contribution is -2.45. The van der Waals surface area contributed by atoms with Gasteiger partial charge in [-0.25, -0.2) is 0 Å². The van der Waals surface area contributed by atoms with Gasteiger partial charge >= 0.3 is 5.97 Å². The summed E-state index contributed by atoms with van der Waals surface area (Å²) in [5.74, 6) is -1.03. The van der Waals surface area contributed by atoms with E-state index in [0.717, 1.165) is 16.0 Å². The molecule has 1 aliphatic heterocycles. The highest BCUT2D eigenvalue weighted by molar-refractivity contribution is 8.00. The fourth-order valence-electron chi connectivity index (χ4n) is 3.97. The third-order valence-corrected chi connectivity index (χ3v) is 6.89. The molecule has 0 spiro atoms. The van der Waals surface area contributed by atoms with Crippen LogP contribution in [0, 0.1) is 18.8 Å². The van der Waals surface area contributed by atoms with Crippen LogP contribution in [-0.2, 0) is 4.79 Å². The lowest BCUT2D eigenvalue weighted by atomic mass is 9.87. The van der Waals surface area contributed by atoms with E-state index in [-0.39, 0.29) is 17.7 Å². The number of carboxylic acids is 1. The molecule has 1 aromatic carbocycles. The number of carboxylic acid groups (broad SMARTS) is 1. The van der Waals surface area contributed by atoms with Crippen molar-refractivity contribution in [1.82, 2.24) is 4.90 Å². The Morgan fingerprint density at radius 2 is 1.92 bits per heavy atom. The molecule has 0 bridgehead atoms. The summed E-state index contributed by atoms with van der Waals surface area (Å²) >= 11 is 1.84. The number of aryl methyl sites for hydroxylation is 1. The summed E-state index contributed by atoms with van der Waals surface area (Å²) in [6.45, 7) is 5.00. The average Bonchev–Trinajstić information content (AvgIpc) is 3.08. The highest BCUT2D eigenvalue weighted by Crippen LogP contribution is 2.37. The standard InChI is InChI=1S/C20H27NO3S/c1-13-7-8-18(25-15-5-3-4-6-15)17(11-13)19(22)21-10-9-16(20(23)24)14(2)12-21/h7-8,11,14-16H,3-6,9-10,12H2,1-2H3,(H,23,24). The first-order valence-electron chi connectivity index (χ1n) is 9.25. The number of carbonyl (C=O) groups excluding carboxylic acids is 1. The first kappa shape index (κ1) is 18.3. The second-order valence-corrected chi connectivity index (χ2v) is 8.83. The maximum atomic E-state index is 13.1. The number of benzene rings is 1. The summed E-state index contributed by atoms with van der Waals surface area (Å²) in [5.41, 5.74) is 1.88. The molecule has 0 radical (unpaired) electrons. The van der Waals surface area contributed by atoms with Gasteiger partial charge in [-0.2, -0.15) is 0 Å². The second kappa shape index (κ2) is 7.81. The lowest BCUT2D eigenvalue weighted by molar-refractivity contribution is -0.145. The molecule has 25 heavy (non-hydrogen) atoms. The largest absolute Gasteiger partial charge is 0.481 e. The molecule has 1 aromatic rings. The van der Waals surface area contributed by atoms with Gasteiger partial charge in [0.25, 0.3) is 5.91 Å². The molecule has 1 N–H and O–H groups in total. The van der Waals surface area contributed by atoms with Crippen molar-refractivity contribution in [2.45, 2.75) is 56.1 Å². The molecule has 1 saturated carbocycles. The van der Waals surface area contributed by atoms with E-state index in [1.807, 2.05) is 36.6 Å². The number of amides is 1. The van der Waals surface area contributed by atoms with Crippen LogP contribution in [-0.4, -0.2) is 40.2 Å². The third kappa shape index (κ3) is 4.20. The van der Waals surface area contributed by atoms with Crippen molar-refractivity contribution in [1.29, 1.82) is 0 Å². The van der Waals surface area contributed by atoms with Gasteiger partial charge in [0, 0.05) is 23.2 Å². The average molecular weight is 362 g/mol. The Morgan fingerprint density at radius 3 is 2.56 bits per heavy atom. The summed E-state index contributed by atoms with van der Waals surface area (Å²) in [5, 5.41) is 9.90. The number of piperidine rings is 1. The van der Waals surface area contributed by atoms with Crippen molar-refractivity contribution in [2.75, 3.05) is 13.1 Å². The van der Waals surface area contributed by atoms with E-state index in [1.54, 1.807) is 0 Å². The molecule has 2 atom stereocenters. The van der Waals surface area contributed by atoms with Crippen molar-refractivity contribution < 1.29 is 14.7 Å². The molecule has 4 nitrogen and oxygen atoms in total. The minimum atomic E-state index is -0.743. The maximum absolute atomic E-state index is 13.1. The van der Waals surface area contributed by atoms with Crippen LogP contribution in [0.15, 0.2) is 23.1 Å². The first-order valence-corrected chi connectivity index (χ1v) is 10.1. The Kier molecular flexibility index (Phi) is 5.72. The zero-order valence-corrected chi connectivity index (χ0v) is 15.8. The molecule has 1 saturated heterocycles. The number of carbonyl (C=O) groups is 2. The summed E-state index contributed by atoms with van der Waals surface area (Å²) in [7, 11) is 0. The zero-order valence-electron chi connectivity index (χ0n) is 15.0. The van der Waals surface area contributed by atoms with Gasteiger partial charge in [-0.15, -0.1) is 11.8 Å². The van der Waals surface area contributed by atoms with E-state index >= 15 is 0 Å². The van der Waals surface area contributed by atoms with E-state index in [4.69, 9.17) is 0 Å². The molecule has 1 aliphatic carbocycles. The molecular formula is C20H27NO3S. The van der Waals surface area contributed by atoms with Gasteiger partial charge in [-0.05, 0) is 44.2 Å². The van der Waals surface area contributed by atoms with Gasteiger partial charge in [-0.1, -0.05) is 31.4 Å². The van der Waals surface area contributed by atoms with Crippen LogP contribution in [0.25, 0.3) is 0 Å². The number of likely N-dealkylation sites (tertiary alicyclic amines) is 1. The molecule has 2 fully saturated rings. The van der Waals surface area contributed by atoms with Crippen LogP contribution >= 0.6 is 11.8 Å². The second-order valence-electron chi connectivity index (χ2n) is 7.49. The molecule has 1 amide bonds. The molecule has 2 unspecified atom stereocenters. The van der Waals surface area contributed by atoms with Crippen LogP contribution < -0.4 is 0 Å². The van der Waals surface area contributed by atoms with E-state index in [9.17, 15) is 14.7 Å². The Labute approximate surface area is 154 Å². The molecule has 1 heterocycles. The number of hydrogen-bond acceptors (Lipinski definition) is 3. The highest BCUT2D eigenvalue weighted by atomic mass is 32.2. The molecular weight excluding hydrogens is 334 g/mol. The van der Waals surface area contributed by atoms with Crippen molar-refractivity contribution in [3.8, 4) is 0 Å². The zero-order chi connectivity index (χ0) is 18.0. The van der Waals surface area contributed by atoms with Crippen LogP contribution in [0.4, 0.5) is 0 Å². The highest BCUT2D eigenvalue weighted by Gasteiger charge is 2.34. The van der Waals surface area contributed by atoms with Crippen molar-refractivity contribution in [2.24, 2.45) is 11.8 Å². The molecule has 2 aliphatic rings. The molecule has 5 heteroatoms. The van der Waals surface area contributed by atoms with Gasteiger partial charge in [0.2, 0.25) is 0 Å². The SMILES string of the molecule is Cc1ccc(SC2CCCC2)c(C(=O)N2CCC(C(=O)O)C(C)C2)c1. The third-order valence-electron chi connectivity index (χ3n) is 5.47. The number of aliphatic carboxylic acids is 1. The first-order chi connectivity index (χ1) is 12.0. The fourth-order valence-corrected chi connectivity index (χ4v) is 5.31. The van der Waals surface area contributed by atoms with Crippen LogP contribution in [0.3, 0.4) is 0 Å². The molecule has 136 valence electrons. The van der Waals surface area contributed by atoms with Crippen LogP contribution in [0.2, 0.25) is 0 Å². The van der Waals surface area contributed by atoms with Gasteiger partial charge in [-0.3, -0.25) is 9.59 Å². The number of hydrogen-bond donors (Lipinski definition) is 1. The topological polar surface area (TPSA) is 57.6 Å². The summed E-state index contributed by atoms with van der Waals surface area (Å²) < 4.78 is 0. The predicted molar refractivity (Wildman–Crippen MR) is 100 cm³/mol. The summed E-state index contributed by atoms with van der Waals surface area (Å²) in [6, 6.07) is 6.15. The predicted octanol–water partition coefficient (Wildman–Crippen LogP) is 4.21. The van der Waals surface area contributed by atoms with Gasteiger partial charge in [0.15, 0.2) is 0 Å². The van der Waals surface area contributed by atoms with E-state index < -0.39 is 5.97 Å². The minimum absolute atomic E-state index is 0.00838. The maximum Gasteiger partial charge on any atom is 0.306 e. The van der Waals surface area contributed by atoms with Gasteiger partial charge in [0.1, 0.15) is 0 Å². The van der Waals surface area contributed by atoms with Crippen molar-refractivity contribution in [3.63, 3.8) is 0 Å². The van der Waals surface area contributed by atoms with E-state index in [0.29, 0.717) is 24.8 Å². The Bertz CT molecular complexity index is 654. The fraction of sp³-hybridized carbons (Fsp3) is 0.600. The van der Waals surface area contributed by atoms with Gasteiger partial charge in [0.05, 0.1) is 11.5 Å².